The number of benzene rings is 1. The van der Waals surface area contributed by atoms with E-state index in [1.807, 2.05) is 13.8 Å². The molecule has 4 rings (SSSR count). The average molecular weight is 465 g/mol. The van der Waals surface area contributed by atoms with Crippen molar-refractivity contribution in [2.24, 2.45) is 11.1 Å². The minimum atomic E-state index is -0.831. The normalized spacial score (nSPS) is 19.8. The van der Waals surface area contributed by atoms with Crippen LogP contribution in [-0.2, 0) is 4.79 Å². The number of rotatable bonds is 4. The zero-order chi connectivity index (χ0) is 24.1. The van der Waals surface area contributed by atoms with Gasteiger partial charge >= 0.3 is 5.00 Å². The second-order valence-electron chi connectivity index (χ2n) is 8.69. The standard InChI is InChI=1S/C22H19N5O5S/c1-22(2)9-15-20(16(28)10-22)19(17-6-7-18(33-17)27(31)32)14(11-23)21(24)25(15)12-4-3-5-13(8-12)26(29)30/h3-8,19H,9-10,24H2,1-2H3. The minimum absolute atomic E-state index is 0.0447. The number of nitrogens with zero attached hydrogens (tertiary/aromatic N) is 4. The third-order valence-corrected chi connectivity index (χ3v) is 6.86. The molecule has 1 aliphatic heterocycles. The van der Waals surface area contributed by atoms with E-state index in [9.17, 15) is 30.3 Å². The van der Waals surface area contributed by atoms with Crippen molar-refractivity contribution < 1.29 is 14.6 Å². The van der Waals surface area contributed by atoms with Crippen LogP contribution in [0, 0.1) is 37.0 Å². The maximum absolute atomic E-state index is 13.4. The van der Waals surface area contributed by atoms with E-state index in [1.165, 1.54) is 29.2 Å². The summed E-state index contributed by atoms with van der Waals surface area (Å²) in [4.78, 5) is 36.9. The van der Waals surface area contributed by atoms with Gasteiger partial charge in [0.25, 0.3) is 5.69 Å². The molecule has 2 aromatic rings. The highest BCUT2D eigenvalue weighted by atomic mass is 32.1. The smallest absolute Gasteiger partial charge is 0.324 e. The summed E-state index contributed by atoms with van der Waals surface area (Å²) in [6, 6.07) is 10.8. The van der Waals surface area contributed by atoms with E-state index in [-0.39, 0.29) is 34.3 Å². The molecule has 0 spiro atoms. The van der Waals surface area contributed by atoms with Gasteiger partial charge < -0.3 is 5.73 Å². The highest BCUT2D eigenvalue weighted by Gasteiger charge is 2.45. The van der Waals surface area contributed by atoms with Crippen LogP contribution in [0.25, 0.3) is 0 Å². The first-order valence-electron chi connectivity index (χ1n) is 9.99. The number of carbonyl (C=O) groups excluding carboxylic acids is 1. The topological polar surface area (TPSA) is 156 Å². The Morgan fingerprint density at radius 3 is 2.52 bits per heavy atom. The second-order valence-corrected chi connectivity index (χ2v) is 9.78. The van der Waals surface area contributed by atoms with Crippen molar-refractivity contribution in [1.29, 1.82) is 5.26 Å². The number of Topliss-reactive ketones (excluding diaryl/α,β-unsaturated/α-hetero) is 1. The monoisotopic (exact) mass is 465 g/mol. The molecule has 0 fully saturated rings. The van der Waals surface area contributed by atoms with Crippen LogP contribution >= 0.6 is 11.3 Å². The van der Waals surface area contributed by atoms with Crippen LogP contribution in [0.2, 0.25) is 0 Å². The van der Waals surface area contributed by atoms with Crippen molar-refractivity contribution in [1.82, 2.24) is 0 Å². The van der Waals surface area contributed by atoms with Crippen LogP contribution in [0.1, 0.15) is 37.5 Å². The third kappa shape index (κ3) is 3.74. The number of hydrogen-bond donors (Lipinski definition) is 1. The lowest BCUT2D eigenvalue weighted by Crippen LogP contribution is -2.42. The van der Waals surface area contributed by atoms with Crippen LogP contribution in [0.15, 0.2) is 59.1 Å². The number of nitriles is 1. The molecule has 0 saturated heterocycles. The molecule has 168 valence electrons. The Balaban J connectivity index is 1.99. The Kier molecular flexibility index (Phi) is 5.26. The second kappa shape index (κ2) is 7.83. The van der Waals surface area contributed by atoms with Crippen molar-refractivity contribution in [3.63, 3.8) is 0 Å². The van der Waals surface area contributed by atoms with Crippen LogP contribution in [0.3, 0.4) is 0 Å². The SMILES string of the molecule is CC1(C)CC(=O)C2=C(C1)N(c1cccc([N+](=O)[O-])c1)C(N)=C(C#N)C2c1ccc([N+](=O)[O-])s1. The summed E-state index contributed by atoms with van der Waals surface area (Å²) >= 11 is 0.896. The summed E-state index contributed by atoms with van der Waals surface area (Å²) in [5.41, 5.74) is 7.24. The predicted octanol–water partition coefficient (Wildman–Crippen LogP) is 4.51. The molecule has 11 heteroatoms. The summed E-state index contributed by atoms with van der Waals surface area (Å²) < 4.78 is 0. The summed E-state index contributed by atoms with van der Waals surface area (Å²) in [6.07, 6.45) is 0.664. The Bertz CT molecular complexity index is 1320. The zero-order valence-electron chi connectivity index (χ0n) is 17.8. The molecule has 2 heterocycles. The van der Waals surface area contributed by atoms with Gasteiger partial charge in [-0.15, -0.1) is 0 Å². The van der Waals surface area contributed by atoms with E-state index in [0.29, 0.717) is 28.3 Å². The van der Waals surface area contributed by atoms with Gasteiger partial charge in [0.1, 0.15) is 5.82 Å². The highest BCUT2D eigenvalue weighted by Crippen LogP contribution is 2.51. The number of anilines is 1. The van der Waals surface area contributed by atoms with Gasteiger partial charge in [-0.3, -0.25) is 29.9 Å². The Morgan fingerprint density at radius 1 is 1.18 bits per heavy atom. The van der Waals surface area contributed by atoms with Crippen molar-refractivity contribution >= 4 is 33.5 Å². The summed E-state index contributed by atoms with van der Waals surface area (Å²) in [6.45, 7) is 3.87. The van der Waals surface area contributed by atoms with Crippen LogP contribution in [0.5, 0.6) is 0 Å². The van der Waals surface area contributed by atoms with Gasteiger partial charge in [-0.05, 0) is 24.0 Å². The van der Waals surface area contributed by atoms with Crippen LogP contribution < -0.4 is 10.6 Å². The zero-order valence-corrected chi connectivity index (χ0v) is 18.6. The lowest BCUT2D eigenvalue weighted by Gasteiger charge is -2.43. The number of nitro benzene ring substituents is 1. The molecule has 1 aliphatic carbocycles. The van der Waals surface area contributed by atoms with Crippen molar-refractivity contribution in [2.45, 2.75) is 32.6 Å². The first-order valence-corrected chi connectivity index (χ1v) is 10.8. The molecule has 1 aromatic carbocycles. The van der Waals surface area contributed by atoms with Gasteiger partial charge in [-0.25, -0.2) is 0 Å². The van der Waals surface area contributed by atoms with E-state index < -0.39 is 21.2 Å². The highest BCUT2D eigenvalue weighted by molar-refractivity contribution is 7.15. The molecule has 0 bridgehead atoms. The molecular weight excluding hydrogens is 446 g/mol. The molecule has 10 nitrogen and oxygen atoms in total. The molecule has 1 aromatic heterocycles. The van der Waals surface area contributed by atoms with Gasteiger partial charge in [0.15, 0.2) is 5.78 Å². The van der Waals surface area contributed by atoms with E-state index in [0.717, 1.165) is 11.3 Å². The van der Waals surface area contributed by atoms with Crippen molar-refractivity contribution in [3.05, 3.63) is 84.2 Å². The van der Waals surface area contributed by atoms with E-state index in [2.05, 4.69) is 6.07 Å². The number of non-ortho nitro benzene ring substituents is 1. The van der Waals surface area contributed by atoms with Crippen molar-refractivity contribution in [3.8, 4) is 6.07 Å². The van der Waals surface area contributed by atoms with Crippen LogP contribution in [0.4, 0.5) is 16.4 Å². The maximum Gasteiger partial charge on any atom is 0.324 e. The molecule has 0 amide bonds. The Hall–Kier alpha value is -4.04. The Morgan fingerprint density at radius 2 is 1.91 bits per heavy atom. The van der Waals surface area contributed by atoms with Gasteiger partial charge in [-0.2, -0.15) is 5.26 Å². The van der Waals surface area contributed by atoms with E-state index in [1.54, 1.807) is 12.1 Å². The van der Waals surface area contributed by atoms with E-state index in [4.69, 9.17) is 5.73 Å². The molecule has 2 N–H and O–H groups in total. The molecule has 2 aliphatic rings. The molecule has 1 atom stereocenters. The molecule has 1 unspecified atom stereocenters. The summed E-state index contributed by atoms with van der Waals surface area (Å²) in [5.74, 6) is -0.969. The molecule has 33 heavy (non-hydrogen) atoms. The maximum atomic E-state index is 13.4. The predicted molar refractivity (Wildman–Crippen MR) is 121 cm³/mol. The third-order valence-electron chi connectivity index (χ3n) is 5.76. The minimum Gasteiger partial charge on any atom is -0.384 e. The molecular formula is C22H19N5O5S. The first kappa shape index (κ1) is 22.2. The number of allylic oxidation sites excluding steroid dienone is 3. The van der Waals surface area contributed by atoms with Crippen LogP contribution in [-0.4, -0.2) is 15.6 Å². The average Bonchev–Trinajstić information content (AvgIpc) is 3.22. The number of nitro groups is 2. The van der Waals surface area contributed by atoms with Crippen molar-refractivity contribution in [2.75, 3.05) is 4.90 Å². The number of ketones is 1. The Labute approximate surface area is 192 Å². The molecule has 0 radical (unpaired) electrons. The number of hydrogen-bond acceptors (Lipinski definition) is 9. The molecule has 0 saturated carbocycles. The summed E-state index contributed by atoms with van der Waals surface area (Å²) in [5, 5.41) is 32.5. The number of nitrogens with two attached hydrogens (primary N) is 1. The fraction of sp³-hybridized carbons (Fsp3) is 0.273. The fourth-order valence-electron chi connectivity index (χ4n) is 4.43. The summed E-state index contributed by atoms with van der Waals surface area (Å²) in [7, 11) is 0. The largest absolute Gasteiger partial charge is 0.384 e. The van der Waals surface area contributed by atoms with Gasteiger partial charge in [0.2, 0.25) is 0 Å². The lowest BCUT2D eigenvalue weighted by atomic mass is 9.69. The number of carbonyl (C=O) groups is 1. The first-order chi connectivity index (χ1) is 15.5. The fourth-order valence-corrected chi connectivity index (χ4v) is 5.37. The quantitative estimate of drug-likeness (QED) is 0.510. The van der Waals surface area contributed by atoms with Gasteiger partial charge in [0, 0.05) is 40.8 Å². The van der Waals surface area contributed by atoms with E-state index >= 15 is 0 Å². The lowest BCUT2D eigenvalue weighted by molar-refractivity contribution is -0.384. The number of thiophene rings is 1. The van der Waals surface area contributed by atoms with Gasteiger partial charge in [-0.1, -0.05) is 31.3 Å². The van der Waals surface area contributed by atoms with Gasteiger partial charge in [0.05, 0.1) is 33.1 Å².